The zero-order chi connectivity index (χ0) is 18.4. The SMILES string of the molecule is COc1ccccc1CNC(=O)COC(=O)c1ccc2c(c1)OCCO2. The van der Waals surface area contributed by atoms with Crippen molar-refractivity contribution < 1.29 is 28.5 Å². The molecule has 7 heteroatoms. The smallest absolute Gasteiger partial charge is 0.338 e. The van der Waals surface area contributed by atoms with Crippen molar-refractivity contribution >= 4 is 11.9 Å². The van der Waals surface area contributed by atoms with Gasteiger partial charge >= 0.3 is 5.97 Å². The number of carbonyl (C=O) groups excluding carboxylic acids is 2. The summed E-state index contributed by atoms with van der Waals surface area (Å²) >= 11 is 0. The predicted molar refractivity (Wildman–Crippen MR) is 92.6 cm³/mol. The van der Waals surface area contributed by atoms with Gasteiger partial charge in [-0.15, -0.1) is 0 Å². The molecule has 1 amide bonds. The summed E-state index contributed by atoms with van der Waals surface area (Å²) in [5.41, 5.74) is 1.13. The normalized spacial score (nSPS) is 12.2. The summed E-state index contributed by atoms with van der Waals surface area (Å²) in [6, 6.07) is 12.1. The third-order valence-corrected chi connectivity index (χ3v) is 3.78. The van der Waals surface area contributed by atoms with E-state index in [0.29, 0.717) is 36.0 Å². The van der Waals surface area contributed by atoms with Crippen LogP contribution in [0.2, 0.25) is 0 Å². The maximum absolute atomic E-state index is 12.1. The Hall–Kier alpha value is -3.22. The summed E-state index contributed by atoms with van der Waals surface area (Å²) in [6.07, 6.45) is 0. The Morgan fingerprint density at radius 3 is 2.65 bits per heavy atom. The molecule has 1 heterocycles. The van der Waals surface area contributed by atoms with E-state index in [1.807, 2.05) is 24.3 Å². The fourth-order valence-electron chi connectivity index (χ4n) is 2.48. The molecule has 0 radical (unpaired) electrons. The van der Waals surface area contributed by atoms with Crippen molar-refractivity contribution in [3.63, 3.8) is 0 Å². The third kappa shape index (κ3) is 4.24. The third-order valence-electron chi connectivity index (χ3n) is 3.78. The lowest BCUT2D eigenvalue weighted by Crippen LogP contribution is -2.28. The van der Waals surface area contributed by atoms with E-state index in [4.69, 9.17) is 18.9 Å². The van der Waals surface area contributed by atoms with Gasteiger partial charge in [-0.05, 0) is 24.3 Å². The fraction of sp³-hybridized carbons (Fsp3) is 0.263. The lowest BCUT2D eigenvalue weighted by Gasteiger charge is -2.18. The fourth-order valence-corrected chi connectivity index (χ4v) is 2.48. The van der Waals surface area contributed by atoms with Gasteiger partial charge in [0.2, 0.25) is 0 Å². The maximum Gasteiger partial charge on any atom is 0.338 e. The average Bonchev–Trinajstić information content (AvgIpc) is 2.70. The molecule has 0 aromatic heterocycles. The number of methoxy groups -OCH3 is 1. The van der Waals surface area contributed by atoms with E-state index in [1.165, 1.54) is 0 Å². The Kier molecular flexibility index (Phi) is 5.58. The molecule has 1 N–H and O–H groups in total. The number of para-hydroxylation sites is 1. The minimum atomic E-state index is -0.602. The molecular formula is C19H19NO6. The molecule has 26 heavy (non-hydrogen) atoms. The Morgan fingerprint density at radius 1 is 1.08 bits per heavy atom. The summed E-state index contributed by atoms with van der Waals surface area (Å²) in [4.78, 5) is 24.0. The average molecular weight is 357 g/mol. The van der Waals surface area contributed by atoms with Crippen molar-refractivity contribution in [1.82, 2.24) is 5.32 Å². The van der Waals surface area contributed by atoms with Gasteiger partial charge in [0.25, 0.3) is 5.91 Å². The van der Waals surface area contributed by atoms with Gasteiger partial charge in [0.05, 0.1) is 12.7 Å². The largest absolute Gasteiger partial charge is 0.496 e. The Labute approximate surface area is 150 Å². The highest BCUT2D eigenvalue weighted by Gasteiger charge is 2.16. The van der Waals surface area contributed by atoms with Crippen molar-refractivity contribution in [2.45, 2.75) is 6.54 Å². The van der Waals surface area contributed by atoms with Crippen LogP contribution in [-0.4, -0.2) is 38.8 Å². The molecule has 0 fully saturated rings. The maximum atomic E-state index is 12.1. The first-order valence-electron chi connectivity index (χ1n) is 8.13. The minimum Gasteiger partial charge on any atom is -0.496 e. The lowest BCUT2D eigenvalue weighted by atomic mass is 10.2. The van der Waals surface area contributed by atoms with Crippen LogP contribution >= 0.6 is 0 Å². The molecule has 2 aromatic carbocycles. The van der Waals surface area contributed by atoms with Crippen LogP contribution in [0.15, 0.2) is 42.5 Å². The number of nitrogens with one attached hydrogen (secondary N) is 1. The van der Waals surface area contributed by atoms with Crippen LogP contribution in [0.5, 0.6) is 17.2 Å². The number of hydrogen-bond acceptors (Lipinski definition) is 6. The summed E-state index contributed by atoms with van der Waals surface area (Å²) in [6.45, 7) is 0.812. The van der Waals surface area contributed by atoms with Gasteiger partial charge in [-0.2, -0.15) is 0 Å². The Morgan fingerprint density at radius 2 is 1.85 bits per heavy atom. The van der Waals surface area contributed by atoms with E-state index < -0.39 is 11.9 Å². The van der Waals surface area contributed by atoms with Crippen LogP contribution in [0.25, 0.3) is 0 Å². The molecule has 1 aliphatic heterocycles. The molecule has 0 atom stereocenters. The minimum absolute atomic E-state index is 0.282. The van der Waals surface area contributed by atoms with Gasteiger partial charge in [0.1, 0.15) is 19.0 Å². The molecule has 136 valence electrons. The number of hydrogen-bond donors (Lipinski definition) is 1. The zero-order valence-electron chi connectivity index (χ0n) is 14.3. The van der Waals surface area contributed by atoms with Gasteiger partial charge in [-0.25, -0.2) is 4.79 Å². The molecule has 1 aliphatic rings. The molecule has 0 saturated heterocycles. The van der Waals surface area contributed by atoms with Crippen LogP contribution in [0.1, 0.15) is 15.9 Å². The predicted octanol–water partition coefficient (Wildman–Crippen LogP) is 1.94. The van der Waals surface area contributed by atoms with E-state index in [2.05, 4.69) is 5.32 Å². The number of rotatable bonds is 6. The van der Waals surface area contributed by atoms with Crippen LogP contribution in [0.3, 0.4) is 0 Å². The summed E-state index contributed by atoms with van der Waals surface area (Å²) in [7, 11) is 1.57. The molecular weight excluding hydrogens is 338 g/mol. The summed E-state index contributed by atoms with van der Waals surface area (Å²) in [5.74, 6) is 0.756. The number of fused-ring (bicyclic) bond motifs is 1. The van der Waals surface area contributed by atoms with Gasteiger partial charge in [-0.1, -0.05) is 18.2 Å². The molecule has 0 aliphatic carbocycles. The first kappa shape index (κ1) is 17.6. The van der Waals surface area contributed by atoms with Gasteiger partial charge < -0.3 is 24.3 Å². The van der Waals surface area contributed by atoms with E-state index in [0.717, 1.165) is 5.56 Å². The first-order valence-corrected chi connectivity index (χ1v) is 8.13. The van der Waals surface area contributed by atoms with Gasteiger partial charge in [0.15, 0.2) is 18.1 Å². The van der Waals surface area contributed by atoms with Crippen LogP contribution in [0.4, 0.5) is 0 Å². The first-order chi connectivity index (χ1) is 12.7. The van der Waals surface area contributed by atoms with Crippen molar-refractivity contribution in [1.29, 1.82) is 0 Å². The molecule has 3 rings (SSSR count). The highest BCUT2D eigenvalue weighted by Crippen LogP contribution is 2.30. The summed E-state index contributed by atoms with van der Waals surface area (Å²) < 4.78 is 21.1. The second-order valence-electron chi connectivity index (χ2n) is 5.52. The second-order valence-corrected chi connectivity index (χ2v) is 5.52. The van der Waals surface area contributed by atoms with Crippen molar-refractivity contribution in [3.8, 4) is 17.2 Å². The number of benzene rings is 2. The van der Waals surface area contributed by atoms with E-state index in [1.54, 1.807) is 25.3 Å². The van der Waals surface area contributed by atoms with E-state index >= 15 is 0 Å². The van der Waals surface area contributed by atoms with Crippen molar-refractivity contribution in [2.75, 3.05) is 26.9 Å². The second kappa shape index (κ2) is 8.24. The topological polar surface area (TPSA) is 83.1 Å². The zero-order valence-corrected chi connectivity index (χ0v) is 14.3. The molecule has 0 spiro atoms. The van der Waals surface area contributed by atoms with E-state index in [9.17, 15) is 9.59 Å². The summed E-state index contributed by atoms with van der Waals surface area (Å²) in [5, 5.41) is 2.69. The standard InChI is InChI=1S/C19H19NO6/c1-23-15-5-3-2-4-14(15)11-20-18(21)12-26-19(22)13-6-7-16-17(10-13)25-9-8-24-16/h2-7,10H,8-9,11-12H2,1H3,(H,20,21). The number of esters is 1. The highest BCUT2D eigenvalue weighted by atomic mass is 16.6. The van der Waals surface area contributed by atoms with Crippen LogP contribution < -0.4 is 19.5 Å². The number of amides is 1. The van der Waals surface area contributed by atoms with Crippen molar-refractivity contribution in [3.05, 3.63) is 53.6 Å². The Bertz CT molecular complexity index is 804. The van der Waals surface area contributed by atoms with Crippen LogP contribution in [-0.2, 0) is 16.1 Å². The number of ether oxygens (including phenoxy) is 4. The quantitative estimate of drug-likeness (QED) is 0.796. The molecule has 0 unspecified atom stereocenters. The molecule has 0 bridgehead atoms. The molecule has 2 aromatic rings. The van der Waals surface area contributed by atoms with E-state index in [-0.39, 0.29) is 13.2 Å². The van der Waals surface area contributed by atoms with Gasteiger partial charge in [0, 0.05) is 12.1 Å². The van der Waals surface area contributed by atoms with Gasteiger partial charge in [-0.3, -0.25) is 4.79 Å². The Balaban J connectivity index is 1.50. The lowest BCUT2D eigenvalue weighted by molar-refractivity contribution is -0.124. The van der Waals surface area contributed by atoms with Crippen LogP contribution in [0, 0.1) is 0 Å². The molecule has 0 saturated carbocycles. The number of carbonyl (C=O) groups is 2. The highest BCUT2D eigenvalue weighted by molar-refractivity contribution is 5.92. The monoisotopic (exact) mass is 357 g/mol. The molecule has 7 nitrogen and oxygen atoms in total. The van der Waals surface area contributed by atoms with Crippen molar-refractivity contribution in [2.24, 2.45) is 0 Å².